The van der Waals surface area contributed by atoms with E-state index >= 15 is 0 Å². The van der Waals surface area contributed by atoms with Gasteiger partial charge in [-0.05, 0) is 48.9 Å². The van der Waals surface area contributed by atoms with Gasteiger partial charge < -0.3 is 15.2 Å². The molecule has 0 aliphatic rings. The smallest absolute Gasteiger partial charge is 0.332 e. The third-order valence-corrected chi connectivity index (χ3v) is 3.95. The summed E-state index contributed by atoms with van der Waals surface area (Å²) >= 11 is 12.0. The molecule has 0 bridgehead atoms. The molecule has 8 heteroatoms. The fourth-order valence-electron chi connectivity index (χ4n) is 2.06. The first-order valence-corrected chi connectivity index (χ1v) is 8.61. The maximum atomic E-state index is 10.7. The van der Waals surface area contributed by atoms with E-state index in [2.05, 4.69) is 10.5 Å². The number of aryl methyl sites for hydroxylation is 1. The normalized spacial score (nSPS) is 10.7. The fourth-order valence-corrected chi connectivity index (χ4v) is 2.35. The van der Waals surface area contributed by atoms with Gasteiger partial charge in [0.25, 0.3) is 0 Å². The van der Waals surface area contributed by atoms with Crippen LogP contribution < -0.4 is 20.6 Å². The molecule has 0 unspecified atom stereocenters. The van der Waals surface area contributed by atoms with Crippen molar-refractivity contribution in [2.75, 3.05) is 13.2 Å². The zero-order valence-electron chi connectivity index (χ0n) is 14.2. The highest BCUT2D eigenvalue weighted by Crippen LogP contribution is 2.22. The minimum Gasteiger partial charge on any atom is -0.493 e. The summed E-state index contributed by atoms with van der Waals surface area (Å²) in [7, 11) is 0. The molecule has 2 aromatic carbocycles. The molecule has 0 aliphatic heterocycles. The number of nitrogens with one attached hydrogen (secondary N) is 1. The number of nitrogens with two attached hydrogens (primary N) is 1. The summed E-state index contributed by atoms with van der Waals surface area (Å²) in [6.07, 6.45) is 2.10. The molecule has 0 fully saturated rings. The molecule has 0 aromatic heterocycles. The predicted molar refractivity (Wildman–Crippen MR) is 104 cm³/mol. The molecule has 26 heavy (non-hydrogen) atoms. The van der Waals surface area contributed by atoms with Crippen LogP contribution in [0.5, 0.6) is 11.5 Å². The Kier molecular flexibility index (Phi) is 7.56. The van der Waals surface area contributed by atoms with Gasteiger partial charge in [-0.15, -0.1) is 0 Å². The van der Waals surface area contributed by atoms with Crippen molar-refractivity contribution in [3.63, 3.8) is 0 Å². The second-order valence-electron chi connectivity index (χ2n) is 5.38. The lowest BCUT2D eigenvalue weighted by Gasteiger charge is -2.11. The molecule has 0 spiro atoms. The van der Waals surface area contributed by atoms with Gasteiger partial charge in [0.15, 0.2) is 0 Å². The summed E-state index contributed by atoms with van der Waals surface area (Å²) in [5.41, 5.74) is 8.68. The number of hydrogen-bond acceptors (Lipinski definition) is 4. The quantitative estimate of drug-likeness (QED) is 0.399. The van der Waals surface area contributed by atoms with Gasteiger partial charge >= 0.3 is 6.03 Å². The number of carbonyl (C=O) groups is 1. The van der Waals surface area contributed by atoms with Gasteiger partial charge in [-0.2, -0.15) is 5.10 Å². The number of urea groups is 1. The molecule has 138 valence electrons. The van der Waals surface area contributed by atoms with Crippen LogP contribution in [0.25, 0.3) is 0 Å². The van der Waals surface area contributed by atoms with E-state index in [1.54, 1.807) is 18.2 Å². The second kappa shape index (κ2) is 9.89. The summed E-state index contributed by atoms with van der Waals surface area (Å²) in [6.45, 7) is 2.87. The first-order valence-electron chi connectivity index (χ1n) is 7.85. The molecular formula is C18H19Cl2N3O3. The Hall–Kier alpha value is -2.44. The van der Waals surface area contributed by atoms with E-state index in [1.165, 1.54) is 6.21 Å². The van der Waals surface area contributed by atoms with Crippen LogP contribution in [-0.2, 0) is 0 Å². The molecular weight excluding hydrogens is 377 g/mol. The van der Waals surface area contributed by atoms with Crippen LogP contribution in [0.2, 0.25) is 10.0 Å². The number of ether oxygens (including phenoxy) is 2. The van der Waals surface area contributed by atoms with Gasteiger partial charge in [0.05, 0.1) is 19.4 Å². The Labute approximate surface area is 161 Å². The van der Waals surface area contributed by atoms with Crippen molar-refractivity contribution in [2.24, 2.45) is 10.8 Å². The van der Waals surface area contributed by atoms with E-state index in [4.69, 9.17) is 38.4 Å². The maximum Gasteiger partial charge on any atom is 0.332 e. The minimum absolute atomic E-state index is 0.443. The fraction of sp³-hybridized carbons (Fsp3) is 0.222. The van der Waals surface area contributed by atoms with Crippen molar-refractivity contribution in [1.29, 1.82) is 0 Å². The molecule has 2 rings (SSSR count). The number of amides is 2. The molecule has 6 nitrogen and oxygen atoms in total. The molecule has 3 N–H and O–H groups in total. The van der Waals surface area contributed by atoms with Crippen LogP contribution >= 0.6 is 23.2 Å². The second-order valence-corrected chi connectivity index (χ2v) is 6.22. The van der Waals surface area contributed by atoms with Crippen molar-refractivity contribution in [3.05, 3.63) is 57.6 Å². The Balaban J connectivity index is 1.84. The number of nitrogens with zero attached hydrogens (tertiary/aromatic N) is 1. The first kappa shape index (κ1) is 19.9. The Morgan fingerprint density at radius 1 is 1.19 bits per heavy atom. The average Bonchev–Trinajstić information content (AvgIpc) is 2.59. The molecule has 2 amide bonds. The lowest BCUT2D eigenvalue weighted by molar-refractivity contribution is 0.247. The third kappa shape index (κ3) is 6.46. The standard InChI is InChI=1S/C18H19Cl2N3O3/c1-12-9-15(4-5-16(12)20)25-7-2-8-26-17-6-3-14(19)10-13(17)11-22-23-18(21)24/h3-6,9-11H,2,7-8H2,1H3,(H3,21,23,24). The molecule has 0 saturated carbocycles. The van der Waals surface area contributed by atoms with Gasteiger partial charge in [-0.1, -0.05) is 23.2 Å². The summed E-state index contributed by atoms with van der Waals surface area (Å²) in [6, 6.07) is 9.90. The van der Waals surface area contributed by atoms with Crippen molar-refractivity contribution >= 4 is 35.4 Å². The van der Waals surface area contributed by atoms with Crippen molar-refractivity contribution < 1.29 is 14.3 Å². The van der Waals surface area contributed by atoms with E-state index in [9.17, 15) is 4.79 Å². The Morgan fingerprint density at radius 3 is 2.69 bits per heavy atom. The van der Waals surface area contributed by atoms with Gasteiger partial charge in [0.1, 0.15) is 11.5 Å². The topological polar surface area (TPSA) is 85.9 Å². The molecule has 0 radical (unpaired) electrons. The first-order chi connectivity index (χ1) is 12.5. The minimum atomic E-state index is -0.750. The van der Waals surface area contributed by atoms with Gasteiger partial charge in [-0.25, -0.2) is 10.2 Å². The van der Waals surface area contributed by atoms with Crippen LogP contribution in [0.1, 0.15) is 17.5 Å². The molecule has 0 aliphatic carbocycles. The number of hydrazone groups is 1. The van der Waals surface area contributed by atoms with Crippen molar-refractivity contribution in [1.82, 2.24) is 5.43 Å². The molecule has 0 saturated heterocycles. The van der Waals surface area contributed by atoms with Gasteiger partial charge in [0.2, 0.25) is 0 Å². The highest BCUT2D eigenvalue weighted by Gasteiger charge is 2.04. The number of hydrogen-bond donors (Lipinski definition) is 2. The molecule has 0 atom stereocenters. The summed E-state index contributed by atoms with van der Waals surface area (Å²) in [5.74, 6) is 1.36. The molecule has 2 aromatic rings. The van der Waals surface area contributed by atoms with Gasteiger partial charge in [-0.3, -0.25) is 0 Å². The van der Waals surface area contributed by atoms with Crippen LogP contribution in [0.15, 0.2) is 41.5 Å². The zero-order valence-corrected chi connectivity index (χ0v) is 15.7. The van der Waals surface area contributed by atoms with Crippen molar-refractivity contribution in [3.8, 4) is 11.5 Å². The van der Waals surface area contributed by atoms with Crippen molar-refractivity contribution in [2.45, 2.75) is 13.3 Å². The molecule has 0 heterocycles. The van der Waals surface area contributed by atoms with Crippen LogP contribution in [0.4, 0.5) is 4.79 Å². The van der Waals surface area contributed by atoms with E-state index in [-0.39, 0.29) is 0 Å². The van der Waals surface area contributed by atoms with E-state index in [1.807, 2.05) is 25.1 Å². The number of halogens is 2. The Bertz CT molecular complexity index is 797. The van der Waals surface area contributed by atoms with E-state index < -0.39 is 6.03 Å². The number of carbonyl (C=O) groups excluding carboxylic acids is 1. The zero-order chi connectivity index (χ0) is 18.9. The summed E-state index contributed by atoms with van der Waals surface area (Å²) in [4.78, 5) is 10.7. The lowest BCUT2D eigenvalue weighted by atomic mass is 10.2. The van der Waals surface area contributed by atoms with Crippen LogP contribution in [0, 0.1) is 6.92 Å². The van der Waals surface area contributed by atoms with Crippen LogP contribution in [0.3, 0.4) is 0 Å². The van der Waals surface area contributed by atoms with E-state index in [0.717, 1.165) is 11.3 Å². The predicted octanol–water partition coefficient (Wildman–Crippen LogP) is 4.15. The van der Waals surface area contributed by atoms with Crippen LogP contribution in [-0.4, -0.2) is 25.5 Å². The lowest BCUT2D eigenvalue weighted by Crippen LogP contribution is -2.24. The summed E-state index contributed by atoms with van der Waals surface area (Å²) < 4.78 is 11.4. The average molecular weight is 396 g/mol. The highest BCUT2D eigenvalue weighted by molar-refractivity contribution is 6.31. The highest BCUT2D eigenvalue weighted by atomic mass is 35.5. The van der Waals surface area contributed by atoms with E-state index in [0.29, 0.717) is 41.0 Å². The maximum absolute atomic E-state index is 10.7. The third-order valence-electron chi connectivity index (χ3n) is 3.29. The number of rotatable bonds is 8. The number of primary amides is 1. The van der Waals surface area contributed by atoms with Gasteiger partial charge in [0, 0.05) is 22.0 Å². The number of benzene rings is 2. The summed E-state index contributed by atoms with van der Waals surface area (Å²) in [5, 5.41) is 4.96. The monoisotopic (exact) mass is 395 g/mol. The largest absolute Gasteiger partial charge is 0.493 e. The Morgan fingerprint density at radius 2 is 1.96 bits per heavy atom. The SMILES string of the molecule is Cc1cc(OCCCOc2ccc(Cl)cc2C=NNC(N)=O)ccc1Cl.